The first-order valence-corrected chi connectivity index (χ1v) is 11.3. The van der Waals surface area contributed by atoms with Crippen molar-refractivity contribution in [1.82, 2.24) is 9.29 Å². The van der Waals surface area contributed by atoms with Crippen molar-refractivity contribution in [2.75, 3.05) is 7.11 Å². The molecule has 2 aliphatic carbocycles. The number of methoxy groups -OCH3 is 1. The summed E-state index contributed by atoms with van der Waals surface area (Å²) in [5.74, 6) is 0.891. The van der Waals surface area contributed by atoms with Crippen LogP contribution in [-0.2, 0) is 0 Å². The van der Waals surface area contributed by atoms with Crippen molar-refractivity contribution in [3.63, 3.8) is 0 Å². The summed E-state index contributed by atoms with van der Waals surface area (Å²) in [5.41, 5.74) is 1.02. The first-order valence-electron chi connectivity index (χ1n) is 9.75. The van der Waals surface area contributed by atoms with Crippen molar-refractivity contribution in [2.45, 2.75) is 80.6 Å². The molecule has 0 saturated heterocycles. The monoisotopic (exact) mass is 376 g/mol. The van der Waals surface area contributed by atoms with Crippen molar-refractivity contribution in [3.05, 3.63) is 18.2 Å². The Hall–Kier alpha value is -0.780. The number of ether oxygens (including phenoxy) is 1. The highest BCUT2D eigenvalue weighted by Crippen LogP contribution is 2.41. The standard InChI is InChI=1S/C20H28N2OS2/c1-23-17-13-8-14-18-19(17)21-20(24-18)25-22(15-9-4-2-5-10-15)16-11-6-3-7-12-16/h8,13-16H,2-7,9-12H2,1H3. The average molecular weight is 377 g/mol. The molecule has 2 fully saturated rings. The van der Waals surface area contributed by atoms with E-state index < -0.39 is 0 Å². The van der Waals surface area contributed by atoms with Gasteiger partial charge in [-0.05, 0) is 49.8 Å². The van der Waals surface area contributed by atoms with Gasteiger partial charge in [0.15, 0.2) is 4.34 Å². The van der Waals surface area contributed by atoms with Gasteiger partial charge in [0, 0.05) is 12.1 Å². The van der Waals surface area contributed by atoms with Crippen LogP contribution in [-0.4, -0.2) is 28.5 Å². The lowest BCUT2D eigenvalue weighted by Crippen LogP contribution is -2.40. The number of hydrogen-bond donors (Lipinski definition) is 0. The zero-order valence-electron chi connectivity index (χ0n) is 15.1. The third-order valence-electron chi connectivity index (χ3n) is 5.63. The second kappa shape index (κ2) is 8.28. The molecule has 25 heavy (non-hydrogen) atoms. The molecule has 0 spiro atoms. The van der Waals surface area contributed by atoms with Gasteiger partial charge in [0.2, 0.25) is 0 Å². The normalized spacial score (nSPS) is 20.4. The summed E-state index contributed by atoms with van der Waals surface area (Å²) in [7, 11) is 1.73. The molecular weight excluding hydrogens is 348 g/mol. The number of fused-ring (bicyclic) bond motifs is 1. The molecule has 0 bridgehead atoms. The third-order valence-corrected chi connectivity index (χ3v) is 7.98. The molecule has 1 aromatic heterocycles. The molecule has 5 heteroatoms. The van der Waals surface area contributed by atoms with Gasteiger partial charge in [0.25, 0.3) is 0 Å². The van der Waals surface area contributed by atoms with E-state index in [1.165, 1.54) is 73.2 Å². The van der Waals surface area contributed by atoms with Gasteiger partial charge < -0.3 is 4.74 Å². The predicted molar refractivity (Wildman–Crippen MR) is 108 cm³/mol. The highest BCUT2D eigenvalue weighted by atomic mass is 32.2. The summed E-state index contributed by atoms with van der Waals surface area (Å²) < 4.78 is 10.7. The molecule has 4 rings (SSSR count). The average Bonchev–Trinajstić information content (AvgIpc) is 3.10. The van der Waals surface area contributed by atoms with Gasteiger partial charge in [-0.1, -0.05) is 44.6 Å². The lowest BCUT2D eigenvalue weighted by Gasteiger charge is -2.40. The summed E-state index contributed by atoms with van der Waals surface area (Å²) in [5, 5.41) is 0. The van der Waals surface area contributed by atoms with E-state index in [1.807, 2.05) is 29.4 Å². The van der Waals surface area contributed by atoms with Crippen molar-refractivity contribution < 1.29 is 4.74 Å². The van der Waals surface area contributed by atoms with Gasteiger partial charge >= 0.3 is 0 Å². The molecule has 136 valence electrons. The molecule has 0 aliphatic heterocycles. The van der Waals surface area contributed by atoms with Crippen LogP contribution in [0.2, 0.25) is 0 Å². The number of rotatable bonds is 5. The second-order valence-corrected chi connectivity index (χ2v) is 9.60. The molecule has 0 unspecified atom stereocenters. The van der Waals surface area contributed by atoms with Crippen LogP contribution in [0.3, 0.4) is 0 Å². The highest BCUT2D eigenvalue weighted by Gasteiger charge is 2.30. The van der Waals surface area contributed by atoms with E-state index in [2.05, 4.69) is 16.4 Å². The van der Waals surface area contributed by atoms with Gasteiger partial charge in [-0.2, -0.15) is 0 Å². The van der Waals surface area contributed by atoms with Gasteiger partial charge in [0.05, 0.1) is 11.8 Å². The maximum absolute atomic E-state index is 5.50. The quantitative estimate of drug-likeness (QED) is 0.573. The van der Waals surface area contributed by atoms with Crippen LogP contribution in [0.15, 0.2) is 22.5 Å². The zero-order chi connectivity index (χ0) is 17.1. The number of benzene rings is 1. The lowest BCUT2D eigenvalue weighted by atomic mass is 9.91. The van der Waals surface area contributed by atoms with E-state index in [4.69, 9.17) is 9.72 Å². The Bertz CT molecular complexity index is 672. The molecule has 2 aliphatic rings. The van der Waals surface area contributed by atoms with Gasteiger partial charge in [-0.15, -0.1) is 11.3 Å². The first-order chi connectivity index (χ1) is 12.3. The van der Waals surface area contributed by atoms with Crippen LogP contribution in [0.1, 0.15) is 64.2 Å². The molecule has 2 aromatic rings. The number of hydrogen-bond acceptors (Lipinski definition) is 5. The first kappa shape index (κ1) is 17.6. The number of aromatic nitrogens is 1. The van der Waals surface area contributed by atoms with E-state index in [0.29, 0.717) is 0 Å². The predicted octanol–water partition coefficient (Wildman–Crippen LogP) is 6.28. The van der Waals surface area contributed by atoms with Gasteiger partial charge in [0.1, 0.15) is 11.3 Å². The van der Waals surface area contributed by atoms with Gasteiger partial charge in [-0.25, -0.2) is 9.29 Å². The molecule has 0 radical (unpaired) electrons. The van der Waals surface area contributed by atoms with Crippen molar-refractivity contribution in [2.24, 2.45) is 0 Å². The summed E-state index contributed by atoms with van der Waals surface area (Å²) in [4.78, 5) is 4.93. The Labute approximate surface area is 159 Å². The molecule has 2 saturated carbocycles. The fraction of sp³-hybridized carbons (Fsp3) is 0.650. The molecule has 0 N–H and O–H groups in total. The van der Waals surface area contributed by atoms with Crippen molar-refractivity contribution in [1.29, 1.82) is 0 Å². The molecular formula is C20H28N2OS2. The fourth-order valence-electron chi connectivity index (χ4n) is 4.32. The van der Waals surface area contributed by atoms with E-state index in [-0.39, 0.29) is 0 Å². The van der Waals surface area contributed by atoms with Crippen LogP contribution in [0.25, 0.3) is 10.2 Å². The molecule has 0 atom stereocenters. The molecule has 1 aromatic carbocycles. The number of nitrogens with zero attached hydrogens (tertiary/aromatic N) is 2. The van der Waals surface area contributed by atoms with Crippen LogP contribution < -0.4 is 4.74 Å². The van der Waals surface area contributed by atoms with E-state index in [1.54, 1.807) is 7.11 Å². The summed E-state index contributed by atoms with van der Waals surface area (Å²) >= 11 is 3.75. The van der Waals surface area contributed by atoms with Crippen LogP contribution in [0, 0.1) is 0 Å². The number of thiazole rings is 1. The van der Waals surface area contributed by atoms with Gasteiger partial charge in [-0.3, -0.25) is 0 Å². The zero-order valence-corrected chi connectivity index (χ0v) is 16.7. The minimum Gasteiger partial charge on any atom is -0.494 e. The van der Waals surface area contributed by atoms with E-state index >= 15 is 0 Å². The highest BCUT2D eigenvalue weighted by molar-refractivity contribution is 7.99. The Kier molecular flexibility index (Phi) is 5.83. The van der Waals surface area contributed by atoms with Crippen molar-refractivity contribution >= 4 is 33.5 Å². The van der Waals surface area contributed by atoms with Crippen LogP contribution in [0.5, 0.6) is 5.75 Å². The second-order valence-electron chi connectivity index (χ2n) is 7.32. The summed E-state index contributed by atoms with van der Waals surface area (Å²) in [6, 6.07) is 7.70. The lowest BCUT2D eigenvalue weighted by molar-refractivity contribution is 0.185. The summed E-state index contributed by atoms with van der Waals surface area (Å²) in [6.07, 6.45) is 13.8. The topological polar surface area (TPSA) is 25.4 Å². The molecule has 1 heterocycles. The maximum Gasteiger partial charge on any atom is 0.166 e. The Morgan fingerprint density at radius 1 is 1.00 bits per heavy atom. The Morgan fingerprint density at radius 2 is 1.64 bits per heavy atom. The van der Waals surface area contributed by atoms with Crippen molar-refractivity contribution in [3.8, 4) is 5.75 Å². The Balaban J connectivity index is 1.58. The largest absolute Gasteiger partial charge is 0.494 e. The smallest absolute Gasteiger partial charge is 0.166 e. The van der Waals surface area contributed by atoms with E-state index in [9.17, 15) is 0 Å². The van der Waals surface area contributed by atoms with E-state index in [0.717, 1.165) is 23.3 Å². The fourth-order valence-corrected chi connectivity index (χ4v) is 6.74. The van der Waals surface area contributed by atoms with Crippen LogP contribution >= 0.6 is 23.3 Å². The van der Waals surface area contributed by atoms with Crippen LogP contribution in [0.4, 0.5) is 0 Å². The minimum atomic E-state index is 0.732. The molecule has 0 amide bonds. The minimum absolute atomic E-state index is 0.732. The maximum atomic E-state index is 5.50. The third kappa shape index (κ3) is 3.99. The molecule has 3 nitrogen and oxygen atoms in total. The Morgan fingerprint density at radius 3 is 2.24 bits per heavy atom. The summed E-state index contributed by atoms with van der Waals surface area (Å²) in [6.45, 7) is 0. The SMILES string of the molecule is COc1cccc2sc(SN(C3CCCCC3)C3CCCCC3)nc12. The number of para-hydroxylation sites is 1.